The Kier molecular flexibility index (Phi) is 4.47. The van der Waals surface area contributed by atoms with Crippen LogP contribution in [0.1, 0.15) is 5.56 Å². The van der Waals surface area contributed by atoms with Crippen molar-refractivity contribution in [1.29, 1.82) is 0 Å². The van der Waals surface area contributed by atoms with Gasteiger partial charge >= 0.3 is 0 Å². The van der Waals surface area contributed by atoms with E-state index in [1.54, 1.807) is 42.5 Å². The van der Waals surface area contributed by atoms with Crippen molar-refractivity contribution in [2.24, 2.45) is 0 Å². The normalized spacial score (nSPS) is 11.8. The molecule has 0 aliphatic heterocycles. The van der Waals surface area contributed by atoms with E-state index in [2.05, 4.69) is 15.9 Å². The SMILES string of the molecule is CN(Cc1ccccc1O)S(=O)(=O)c1ccccc1Br. The number of phenolic OH excluding ortho intramolecular Hbond substituents is 1. The lowest BCUT2D eigenvalue weighted by atomic mass is 10.2. The number of hydrogen-bond donors (Lipinski definition) is 1. The van der Waals surface area contributed by atoms with E-state index in [0.717, 1.165) is 0 Å². The quantitative estimate of drug-likeness (QED) is 0.916. The summed E-state index contributed by atoms with van der Waals surface area (Å²) in [6, 6.07) is 13.3. The average Bonchev–Trinajstić information content (AvgIpc) is 2.41. The maximum absolute atomic E-state index is 12.5. The van der Waals surface area contributed by atoms with Crippen LogP contribution in [-0.4, -0.2) is 24.9 Å². The van der Waals surface area contributed by atoms with Gasteiger partial charge in [-0.1, -0.05) is 30.3 Å². The minimum Gasteiger partial charge on any atom is -0.508 e. The average molecular weight is 356 g/mol. The summed E-state index contributed by atoms with van der Waals surface area (Å²) in [6.45, 7) is 0.107. The predicted octanol–water partition coefficient (Wildman–Crippen LogP) is 2.98. The molecule has 20 heavy (non-hydrogen) atoms. The Morgan fingerprint density at radius 1 is 1.10 bits per heavy atom. The molecule has 0 bridgehead atoms. The van der Waals surface area contributed by atoms with Gasteiger partial charge in [0.2, 0.25) is 10.0 Å². The van der Waals surface area contributed by atoms with Gasteiger partial charge in [0, 0.05) is 23.6 Å². The molecule has 2 aromatic rings. The van der Waals surface area contributed by atoms with Gasteiger partial charge in [-0.2, -0.15) is 4.31 Å². The van der Waals surface area contributed by atoms with Gasteiger partial charge in [0.15, 0.2) is 0 Å². The first kappa shape index (κ1) is 15.0. The smallest absolute Gasteiger partial charge is 0.244 e. The molecular weight excluding hydrogens is 342 g/mol. The number of para-hydroxylation sites is 1. The van der Waals surface area contributed by atoms with Crippen LogP contribution in [0.4, 0.5) is 0 Å². The van der Waals surface area contributed by atoms with Crippen molar-refractivity contribution in [3.8, 4) is 5.75 Å². The largest absolute Gasteiger partial charge is 0.508 e. The lowest BCUT2D eigenvalue weighted by molar-refractivity contribution is 0.435. The summed E-state index contributed by atoms with van der Waals surface area (Å²) in [5, 5.41) is 9.72. The predicted molar refractivity (Wildman–Crippen MR) is 80.9 cm³/mol. The van der Waals surface area contributed by atoms with Gasteiger partial charge in [-0.15, -0.1) is 0 Å². The second-order valence-electron chi connectivity index (χ2n) is 4.32. The Bertz CT molecular complexity index is 716. The van der Waals surface area contributed by atoms with Crippen LogP contribution in [0.3, 0.4) is 0 Å². The zero-order chi connectivity index (χ0) is 14.8. The van der Waals surface area contributed by atoms with Crippen molar-refractivity contribution in [3.05, 3.63) is 58.6 Å². The van der Waals surface area contributed by atoms with Gasteiger partial charge in [-0.25, -0.2) is 8.42 Å². The van der Waals surface area contributed by atoms with Crippen molar-refractivity contribution in [1.82, 2.24) is 4.31 Å². The van der Waals surface area contributed by atoms with Crippen molar-refractivity contribution < 1.29 is 13.5 Å². The van der Waals surface area contributed by atoms with E-state index in [1.807, 2.05) is 0 Å². The zero-order valence-corrected chi connectivity index (χ0v) is 13.2. The van der Waals surface area contributed by atoms with E-state index in [0.29, 0.717) is 10.0 Å². The molecule has 0 saturated heterocycles. The van der Waals surface area contributed by atoms with E-state index >= 15 is 0 Å². The van der Waals surface area contributed by atoms with Gasteiger partial charge in [0.25, 0.3) is 0 Å². The summed E-state index contributed by atoms with van der Waals surface area (Å²) in [5.74, 6) is 0.0849. The Morgan fingerprint density at radius 3 is 2.35 bits per heavy atom. The maximum atomic E-state index is 12.5. The number of benzene rings is 2. The molecule has 106 valence electrons. The summed E-state index contributed by atoms with van der Waals surface area (Å²) in [4.78, 5) is 0.206. The highest BCUT2D eigenvalue weighted by Gasteiger charge is 2.23. The van der Waals surface area contributed by atoms with Gasteiger partial charge in [-0.3, -0.25) is 0 Å². The minimum atomic E-state index is -3.61. The fourth-order valence-corrected chi connectivity index (χ4v) is 3.90. The molecule has 0 aliphatic rings. The number of halogens is 1. The highest BCUT2D eigenvalue weighted by atomic mass is 79.9. The van der Waals surface area contributed by atoms with Crippen LogP contribution in [0.2, 0.25) is 0 Å². The van der Waals surface area contributed by atoms with E-state index in [1.165, 1.54) is 17.4 Å². The Hall–Kier alpha value is -1.37. The van der Waals surface area contributed by atoms with Crippen LogP contribution in [-0.2, 0) is 16.6 Å². The Balaban J connectivity index is 2.31. The first-order valence-corrected chi connectivity index (χ1v) is 8.14. The molecule has 0 amide bonds. The summed E-state index contributed by atoms with van der Waals surface area (Å²) in [7, 11) is -2.12. The van der Waals surface area contributed by atoms with Crippen LogP contribution in [0.15, 0.2) is 57.9 Å². The molecule has 0 radical (unpaired) electrons. The van der Waals surface area contributed by atoms with Gasteiger partial charge in [0.05, 0.1) is 4.90 Å². The number of aromatic hydroxyl groups is 1. The Morgan fingerprint density at radius 2 is 1.70 bits per heavy atom. The van der Waals surface area contributed by atoms with Crippen LogP contribution >= 0.6 is 15.9 Å². The van der Waals surface area contributed by atoms with Gasteiger partial charge in [-0.05, 0) is 34.1 Å². The van der Waals surface area contributed by atoms with Crippen molar-refractivity contribution in [3.63, 3.8) is 0 Å². The van der Waals surface area contributed by atoms with Gasteiger partial charge in [0.1, 0.15) is 5.75 Å². The molecular formula is C14H14BrNO3S. The third kappa shape index (κ3) is 3.03. The Labute approximate surface area is 126 Å². The van der Waals surface area contributed by atoms with Crippen LogP contribution < -0.4 is 0 Å². The highest BCUT2D eigenvalue weighted by Crippen LogP contribution is 2.26. The molecule has 1 N–H and O–H groups in total. The summed E-state index contributed by atoms with van der Waals surface area (Å²) < 4.78 is 26.7. The van der Waals surface area contributed by atoms with Crippen LogP contribution in [0.25, 0.3) is 0 Å². The number of hydrogen-bond acceptors (Lipinski definition) is 3. The first-order chi connectivity index (χ1) is 9.43. The molecule has 0 spiro atoms. The molecule has 6 heteroatoms. The van der Waals surface area contributed by atoms with E-state index < -0.39 is 10.0 Å². The standard InChI is InChI=1S/C14H14BrNO3S/c1-16(10-11-6-2-4-8-13(11)17)20(18,19)14-9-5-3-7-12(14)15/h2-9,17H,10H2,1H3. The molecule has 0 atom stereocenters. The topological polar surface area (TPSA) is 57.6 Å². The van der Waals surface area contributed by atoms with E-state index in [9.17, 15) is 13.5 Å². The van der Waals surface area contributed by atoms with Crippen molar-refractivity contribution in [2.75, 3.05) is 7.05 Å². The van der Waals surface area contributed by atoms with Crippen molar-refractivity contribution in [2.45, 2.75) is 11.4 Å². The summed E-state index contributed by atoms with van der Waals surface area (Å²) >= 11 is 3.25. The number of phenols is 1. The fraction of sp³-hybridized carbons (Fsp3) is 0.143. The molecule has 2 rings (SSSR count). The number of nitrogens with zero attached hydrogens (tertiary/aromatic N) is 1. The van der Waals surface area contributed by atoms with E-state index in [-0.39, 0.29) is 17.2 Å². The van der Waals surface area contributed by atoms with Crippen molar-refractivity contribution >= 4 is 26.0 Å². The second kappa shape index (κ2) is 5.95. The molecule has 0 aromatic heterocycles. The molecule has 0 fully saturated rings. The second-order valence-corrected chi connectivity index (χ2v) is 7.19. The third-order valence-electron chi connectivity index (χ3n) is 2.91. The molecule has 0 unspecified atom stereocenters. The fourth-order valence-electron chi connectivity index (χ4n) is 1.79. The van der Waals surface area contributed by atoms with Gasteiger partial charge < -0.3 is 5.11 Å². The monoisotopic (exact) mass is 355 g/mol. The third-order valence-corrected chi connectivity index (χ3v) is 5.72. The van der Waals surface area contributed by atoms with Crippen LogP contribution in [0.5, 0.6) is 5.75 Å². The highest BCUT2D eigenvalue weighted by molar-refractivity contribution is 9.10. The van der Waals surface area contributed by atoms with E-state index in [4.69, 9.17) is 0 Å². The molecule has 4 nitrogen and oxygen atoms in total. The van der Waals surface area contributed by atoms with Crippen LogP contribution in [0, 0.1) is 0 Å². The minimum absolute atomic E-state index is 0.0849. The number of rotatable bonds is 4. The zero-order valence-electron chi connectivity index (χ0n) is 10.8. The summed E-state index contributed by atoms with van der Waals surface area (Å²) in [6.07, 6.45) is 0. The maximum Gasteiger partial charge on any atom is 0.244 e. The summed E-state index contributed by atoms with van der Waals surface area (Å²) in [5.41, 5.74) is 0.561. The first-order valence-electron chi connectivity index (χ1n) is 5.90. The molecule has 0 saturated carbocycles. The molecule has 2 aromatic carbocycles. The molecule has 0 heterocycles. The molecule has 0 aliphatic carbocycles. The number of sulfonamides is 1. The lowest BCUT2D eigenvalue weighted by Crippen LogP contribution is -2.26. The lowest BCUT2D eigenvalue weighted by Gasteiger charge is -2.18.